The summed E-state index contributed by atoms with van der Waals surface area (Å²) < 4.78 is 5.29. The van der Waals surface area contributed by atoms with Gasteiger partial charge in [-0.1, -0.05) is 39.0 Å². The van der Waals surface area contributed by atoms with Crippen molar-refractivity contribution in [3.63, 3.8) is 0 Å². The number of aromatic nitrogens is 1. The van der Waals surface area contributed by atoms with Gasteiger partial charge in [-0.25, -0.2) is 0 Å². The van der Waals surface area contributed by atoms with Crippen LogP contribution in [0.15, 0.2) is 30.5 Å². The Morgan fingerprint density at radius 1 is 1.16 bits per heavy atom. The molecule has 2 N–H and O–H groups in total. The summed E-state index contributed by atoms with van der Waals surface area (Å²) in [5, 5.41) is 3.44. The molecule has 1 aromatic heterocycles. The van der Waals surface area contributed by atoms with Crippen LogP contribution < -0.4 is 5.32 Å². The number of ketones is 1. The molecule has 0 saturated carbocycles. The number of aromatic amines is 1. The van der Waals surface area contributed by atoms with Gasteiger partial charge in [0.2, 0.25) is 5.91 Å². The molecule has 6 nitrogen and oxygen atoms in total. The lowest BCUT2D eigenvalue weighted by Crippen LogP contribution is -2.36. The van der Waals surface area contributed by atoms with Gasteiger partial charge in [0.25, 0.3) is 0 Å². The Kier molecular flexibility index (Phi) is 10.7. The topological polar surface area (TPSA) is 88.3 Å². The number of ether oxygens (including phenoxy) is 1. The van der Waals surface area contributed by atoms with Crippen LogP contribution in [0.25, 0.3) is 10.9 Å². The van der Waals surface area contributed by atoms with Gasteiger partial charge in [-0.15, -0.1) is 12.3 Å². The molecule has 32 heavy (non-hydrogen) atoms. The van der Waals surface area contributed by atoms with E-state index in [-0.39, 0.29) is 24.7 Å². The number of rotatable bonds is 8. The molecule has 1 atom stereocenters. The molecule has 1 unspecified atom stereocenters. The number of H-pyrrole nitrogens is 1. The number of amides is 1. The van der Waals surface area contributed by atoms with Crippen molar-refractivity contribution < 1.29 is 19.1 Å². The minimum absolute atomic E-state index is 0.0773. The van der Waals surface area contributed by atoms with Gasteiger partial charge in [-0.3, -0.25) is 14.4 Å². The Balaban J connectivity index is 0.00000118. The third kappa shape index (κ3) is 9.82. The Bertz CT molecular complexity index is 942. The van der Waals surface area contributed by atoms with E-state index in [1.165, 1.54) is 0 Å². The minimum Gasteiger partial charge on any atom is -0.460 e. The molecule has 2 rings (SSSR count). The summed E-state index contributed by atoms with van der Waals surface area (Å²) in [6.45, 7) is 11.6. The highest BCUT2D eigenvalue weighted by atomic mass is 16.6. The van der Waals surface area contributed by atoms with Gasteiger partial charge in [-0.05, 0) is 39.2 Å². The summed E-state index contributed by atoms with van der Waals surface area (Å²) in [6.07, 6.45) is 7.56. The summed E-state index contributed by atoms with van der Waals surface area (Å²) in [6, 6.07) is 7.45. The zero-order valence-corrected chi connectivity index (χ0v) is 20.1. The maximum Gasteiger partial charge on any atom is 0.307 e. The van der Waals surface area contributed by atoms with Gasteiger partial charge in [-0.2, -0.15) is 0 Å². The fourth-order valence-corrected chi connectivity index (χ4v) is 2.88. The number of benzene rings is 1. The van der Waals surface area contributed by atoms with Crippen molar-refractivity contribution in [1.29, 1.82) is 0 Å². The fourth-order valence-electron chi connectivity index (χ4n) is 2.88. The molecule has 1 aromatic carbocycles. The highest BCUT2D eigenvalue weighted by molar-refractivity contribution is 6.09. The smallest absolute Gasteiger partial charge is 0.307 e. The monoisotopic (exact) mass is 440 g/mol. The van der Waals surface area contributed by atoms with Gasteiger partial charge >= 0.3 is 5.97 Å². The van der Waals surface area contributed by atoms with Crippen molar-refractivity contribution in [2.75, 3.05) is 6.54 Å². The van der Waals surface area contributed by atoms with Crippen LogP contribution in [0, 0.1) is 24.2 Å². The molecule has 0 radical (unpaired) electrons. The van der Waals surface area contributed by atoms with E-state index in [1.807, 2.05) is 24.3 Å². The normalized spacial score (nSPS) is 11.8. The maximum absolute atomic E-state index is 12.5. The van der Waals surface area contributed by atoms with Crippen molar-refractivity contribution in [3.8, 4) is 12.3 Å². The van der Waals surface area contributed by atoms with E-state index in [2.05, 4.69) is 37.0 Å². The first kappa shape index (κ1) is 27.0. The average molecular weight is 441 g/mol. The van der Waals surface area contributed by atoms with E-state index in [1.54, 1.807) is 27.0 Å². The van der Waals surface area contributed by atoms with Crippen LogP contribution in [-0.4, -0.2) is 34.8 Å². The van der Waals surface area contributed by atoms with Crippen LogP contribution in [0.4, 0.5) is 0 Å². The third-order valence-corrected chi connectivity index (χ3v) is 4.15. The van der Waals surface area contributed by atoms with Crippen LogP contribution in [0.3, 0.4) is 0 Å². The second-order valence-electron chi connectivity index (χ2n) is 9.35. The number of Topliss-reactive ketones (excluding diaryl/α,β-unsaturated/α-hetero) is 1. The van der Waals surface area contributed by atoms with E-state index in [9.17, 15) is 14.4 Å². The zero-order chi connectivity index (χ0) is 24.3. The SMILES string of the molecule is C#CCCC(CC(=O)OC(C)(C)C)C(=O)NCC(=O)c1c[nH]c2ccccc12.CC(C)C. The second-order valence-corrected chi connectivity index (χ2v) is 9.35. The minimum atomic E-state index is -0.637. The summed E-state index contributed by atoms with van der Waals surface area (Å²) in [5.74, 6) is 1.62. The molecule has 0 spiro atoms. The number of para-hydroxylation sites is 1. The van der Waals surface area contributed by atoms with Crippen molar-refractivity contribution >= 4 is 28.6 Å². The van der Waals surface area contributed by atoms with Gasteiger partial charge in [0.05, 0.1) is 13.0 Å². The molecule has 2 aromatic rings. The van der Waals surface area contributed by atoms with Crippen LogP contribution in [0.1, 0.15) is 71.2 Å². The van der Waals surface area contributed by atoms with Crippen molar-refractivity contribution in [2.24, 2.45) is 11.8 Å². The molecule has 1 amide bonds. The van der Waals surface area contributed by atoms with Gasteiger partial charge in [0.15, 0.2) is 5.78 Å². The molecule has 6 heteroatoms. The van der Waals surface area contributed by atoms with Crippen molar-refractivity contribution in [3.05, 3.63) is 36.0 Å². The molecular weight excluding hydrogens is 404 g/mol. The highest BCUT2D eigenvalue weighted by Gasteiger charge is 2.25. The fraction of sp³-hybridized carbons (Fsp3) is 0.500. The number of carbonyl (C=O) groups is 3. The molecule has 0 aliphatic carbocycles. The van der Waals surface area contributed by atoms with E-state index >= 15 is 0 Å². The predicted molar refractivity (Wildman–Crippen MR) is 128 cm³/mol. The third-order valence-electron chi connectivity index (χ3n) is 4.15. The van der Waals surface area contributed by atoms with E-state index in [0.29, 0.717) is 18.4 Å². The number of nitrogens with one attached hydrogen (secondary N) is 2. The summed E-state index contributed by atoms with van der Waals surface area (Å²) in [4.78, 5) is 40.2. The predicted octanol–water partition coefficient (Wildman–Crippen LogP) is 4.89. The van der Waals surface area contributed by atoms with Gasteiger partial charge < -0.3 is 15.0 Å². The van der Waals surface area contributed by atoms with Crippen LogP contribution in [-0.2, 0) is 14.3 Å². The van der Waals surface area contributed by atoms with E-state index in [0.717, 1.165) is 16.8 Å². The molecule has 0 bridgehead atoms. The number of hydrogen-bond acceptors (Lipinski definition) is 4. The molecule has 0 aliphatic rings. The molecule has 0 fully saturated rings. The Labute approximate surface area is 191 Å². The Morgan fingerprint density at radius 3 is 2.38 bits per heavy atom. The van der Waals surface area contributed by atoms with Gasteiger partial charge in [0, 0.05) is 35.0 Å². The Hall–Kier alpha value is -3.07. The highest BCUT2D eigenvalue weighted by Crippen LogP contribution is 2.19. The average Bonchev–Trinajstić information content (AvgIpc) is 3.11. The largest absolute Gasteiger partial charge is 0.460 e. The first-order valence-electron chi connectivity index (χ1n) is 11.0. The number of esters is 1. The molecule has 174 valence electrons. The van der Waals surface area contributed by atoms with E-state index < -0.39 is 17.5 Å². The van der Waals surface area contributed by atoms with Crippen molar-refractivity contribution in [1.82, 2.24) is 10.3 Å². The molecular formula is C26H36N2O4. The molecule has 0 saturated heterocycles. The van der Waals surface area contributed by atoms with Crippen molar-refractivity contribution in [2.45, 2.75) is 66.4 Å². The quantitative estimate of drug-likeness (QED) is 0.347. The van der Waals surface area contributed by atoms with Gasteiger partial charge in [0.1, 0.15) is 5.60 Å². The second kappa shape index (κ2) is 12.7. The number of hydrogen-bond donors (Lipinski definition) is 2. The van der Waals surface area contributed by atoms with Crippen LogP contribution in [0.2, 0.25) is 0 Å². The Morgan fingerprint density at radius 2 is 1.78 bits per heavy atom. The molecule has 0 aliphatic heterocycles. The van der Waals surface area contributed by atoms with Crippen LogP contribution in [0.5, 0.6) is 0 Å². The molecule has 1 heterocycles. The number of fused-ring (bicyclic) bond motifs is 1. The standard InChI is InChI=1S/C22H26N2O4.C4H10/c1-5-6-9-15(12-20(26)28-22(2,3)4)21(27)24-14-19(25)17-13-23-18-11-8-7-10-16(17)18;1-4(2)3/h1,7-8,10-11,13,15,23H,6,9,12,14H2,2-4H3,(H,24,27);4H,1-3H3. The lowest BCUT2D eigenvalue weighted by atomic mass is 9.98. The maximum atomic E-state index is 12.5. The number of terminal acetylenes is 1. The first-order valence-corrected chi connectivity index (χ1v) is 11.0. The lowest BCUT2D eigenvalue weighted by molar-refractivity contribution is -0.157. The van der Waals surface area contributed by atoms with E-state index in [4.69, 9.17) is 11.2 Å². The van der Waals surface area contributed by atoms with Crippen LogP contribution >= 0.6 is 0 Å². The number of carbonyl (C=O) groups excluding carboxylic acids is 3. The summed E-state index contributed by atoms with van der Waals surface area (Å²) in [5.41, 5.74) is 0.743. The zero-order valence-electron chi connectivity index (χ0n) is 20.1. The summed E-state index contributed by atoms with van der Waals surface area (Å²) >= 11 is 0. The lowest BCUT2D eigenvalue weighted by Gasteiger charge is -2.21. The first-order chi connectivity index (χ1) is 14.9. The summed E-state index contributed by atoms with van der Waals surface area (Å²) in [7, 11) is 0.